The number of nitrogens with zero attached hydrogens (tertiary/aromatic N) is 3. The van der Waals surface area contributed by atoms with Crippen LogP contribution in [0.15, 0.2) is 36.7 Å². The van der Waals surface area contributed by atoms with E-state index in [1.165, 1.54) is 0 Å². The third-order valence-corrected chi connectivity index (χ3v) is 6.14. The number of unbranched alkanes of at least 4 members (excludes halogenated alkanes) is 2. The normalized spacial score (nSPS) is 17.8. The highest BCUT2D eigenvalue weighted by Gasteiger charge is 2.27. The minimum atomic E-state index is -0.810. The zero-order chi connectivity index (χ0) is 22.2. The lowest BCUT2D eigenvalue weighted by Gasteiger charge is -2.29. The number of aliphatic hydroxyl groups is 1. The molecule has 1 aromatic carbocycles. The molecular formula is C24H34N4O4. The van der Waals surface area contributed by atoms with E-state index in [1.807, 2.05) is 35.1 Å². The van der Waals surface area contributed by atoms with Gasteiger partial charge in [-0.15, -0.1) is 0 Å². The molecule has 0 bridgehead atoms. The summed E-state index contributed by atoms with van der Waals surface area (Å²) in [5, 5.41) is 18.5. The van der Waals surface area contributed by atoms with Crippen LogP contribution in [-0.4, -0.2) is 64.6 Å². The molecule has 2 atom stereocenters. The molecule has 1 amide bonds. The van der Waals surface area contributed by atoms with Crippen LogP contribution in [0.2, 0.25) is 0 Å². The van der Waals surface area contributed by atoms with E-state index in [0.29, 0.717) is 37.7 Å². The van der Waals surface area contributed by atoms with E-state index in [4.69, 9.17) is 9.47 Å². The highest BCUT2D eigenvalue weighted by atomic mass is 16.6. The molecule has 1 aromatic heterocycles. The molecule has 0 spiro atoms. The van der Waals surface area contributed by atoms with E-state index in [0.717, 1.165) is 57.3 Å². The van der Waals surface area contributed by atoms with Crippen molar-refractivity contribution < 1.29 is 19.4 Å². The quantitative estimate of drug-likeness (QED) is 0.520. The van der Waals surface area contributed by atoms with Crippen LogP contribution >= 0.6 is 0 Å². The molecule has 1 fully saturated rings. The number of hydrogen-bond acceptors (Lipinski definition) is 6. The summed E-state index contributed by atoms with van der Waals surface area (Å²) < 4.78 is 13.2. The Labute approximate surface area is 189 Å². The van der Waals surface area contributed by atoms with Gasteiger partial charge in [0, 0.05) is 31.9 Å². The Morgan fingerprint density at radius 3 is 2.72 bits per heavy atom. The summed E-state index contributed by atoms with van der Waals surface area (Å²) >= 11 is 0. The van der Waals surface area contributed by atoms with E-state index in [2.05, 4.69) is 15.3 Å². The number of benzene rings is 1. The third-order valence-electron chi connectivity index (χ3n) is 6.14. The van der Waals surface area contributed by atoms with Crippen LogP contribution in [0.5, 0.6) is 11.5 Å². The fourth-order valence-corrected chi connectivity index (χ4v) is 4.39. The zero-order valence-electron chi connectivity index (χ0n) is 18.6. The number of amides is 1. The predicted octanol–water partition coefficient (Wildman–Crippen LogP) is 2.53. The van der Waals surface area contributed by atoms with Crippen LogP contribution < -0.4 is 14.8 Å². The van der Waals surface area contributed by atoms with Crippen LogP contribution in [0, 0.1) is 0 Å². The van der Waals surface area contributed by atoms with Crippen molar-refractivity contribution in [1.82, 2.24) is 20.0 Å². The van der Waals surface area contributed by atoms with Gasteiger partial charge in [0.05, 0.1) is 6.04 Å². The van der Waals surface area contributed by atoms with Crippen LogP contribution in [0.3, 0.4) is 0 Å². The largest absolute Gasteiger partial charge is 0.486 e. The number of likely N-dealkylation sites (tertiary alicyclic amines) is 1. The van der Waals surface area contributed by atoms with Crippen LogP contribution in [0.4, 0.5) is 0 Å². The SMILES string of the molecule is O=C(CCCCCn1cccn1)N[C@H](CN1CCCC1)C(O)c1ccc2c(c1)OCCO2. The monoisotopic (exact) mass is 442 g/mol. The average Bonchev–Trinajstić information content (AvgIpc) is 3.52. The predicted molar refractivity (Wildman–Crippen MR) is 121 cm³/mol. The first-order valence-electron chi connectivity index (χ1n) is 11.8. The second-order valence-electron chi connectivity index (χ2n) is 8.61. The Balaban J connectivity index is 1.31. The number of aromatic nitrogens is 2. The first-order chi connectivity index (χ1) is 15.7. The molecule has 2 N–H and O–H groups in total. The number of fused-ring (bicyclic) bond motifs is 1. The molecule has 1 saturated heterocycles. The molecule has 2 aromatic rings. The number of carbonyl (C=O) groups excluding carboxylic acids is 1. The van der Waals surface area contributed by atoms with Crippen molar-refractivity contribution in [3.05, 3.63) is 42.2 Å². The van der Waals surface area contributed by atoms with Gasteiger partial charge in [-0.2, -0.15) is 5.10 Å². The van der Waals surface area contributed by atoms with E-state index < -0.39 is 6.10 Å². The molecule has 1 unspecified atom stereocenters. The van der Waals surface area contributed by atoms with Crippen molar-refractivity contribution in [3.63, 3.8) is 0 Å². The van der Waals surface area contributed by atoms with Crippen molar-refractivity contribution in [2.24, 2.45) is 0 Å². The minimum Gasteiger partial charge on any atom is -0.486 e. The van der Waals surface area contributed by atoms with E-state index in [1.54, 1.807) is 6.20 Å². The summed E-state index contributed by atoms with van der Waals surface area (Å²) in [5.41, 5.74) is 0.734. The van der Waals surface area contributed by atoms with Gasteiger partial charge in [0.2, 0.25) is 5.91 Å². The van der Waals surface area contributed by atoms with E-state index in [-0.39, 0.29) is 11.9 Å². The Morgan fingerprint density at radius 2 is 1.94 bits per heavy atom. The van der Waals surface area contributed by atoms with Gasteiger partial charge in [-0.25, -0.2) is 0 Å². The molecule has 8 nitrogen and oxygen atoms in total. The van der Waals surface area contributed by atoms with Crippen molar-refractivity contribution in [2.75, 3.05) is 32.8 Å². The van der Waals surface area contributed by atoms with Gasteiger partial charge in [0.1, 0.15) is 19.3 Å². The number of aryl methyl sites for hydroxylation is 1. The van der Waals surface area contributed by atoms with Gasteiger partial charge in [-0.3, -0.25) is 9.48 Å². The number of ether oxygens (including phenoxy) is 2. The summed E-state index contributed by atoms with van der Waals surface area (Å²) in [7, 11) is 0. The molecule has 2 aliphatic heterocycles. The first-order valence-corrected chi connectivity index (χ1v) is 11.8. The number of rotatable bonds is 11. The Bertz CT molecular complexity index is 852. The molecular weight excluding hydrogens is 408 g/mol. The molecule has 8 heteroatoms. The van der Waals surface area contributed by atoms with Crippen LogP contribution in [-0.2, 0) is 11.3 Å². The first kappa shape index (κ1) is 22.6. The van der Waals surface area contributed by atoms with E-state index >= 15 is 0 Å². The third kappa shape index (κ3) is 6.23. The number of hydrogen-bond donors (Lipinski definition) is 2. The Kier molecular flexibility index (Phi) is 8.01. The maximum Gasteiger partial charge on any atom is 0.220 e. The lowest BCUT2D eigenvalue weighted by atomic mass is 10.0. The molecule has 0 saturated carbocycles. The van der Waals surface area contributed by atoms with Crippen molar-refractivity contribution in [2.45, 2.75) is 57.2 Å². The Morgan fingerprint density at radius 1 is 1.12 bits per heavy atom. The molecule has 32 heavy (non-hydrogen) atoms. The summed E-state index contributed by atoms with van der Waals surface area (Å²) in [6.45, 7) is 4.56. The van der Waals surface area contributed by atoms with Crippen molar-refractivity contribution >= 4 is 5.91 Å². The molecule has 2 aliphatic rings. The van der Waals surface area contributed by atoms with Crippen molar-refractivity contribution in [3.8, 4) is 11.5 Å². The second-order valence-corrected chi connectivity index (χ2v) is 8.61. The summed E-state index contributed by atoms with van der Waals surface area (Å²) in [4.78, 5) is 15.0. The van der Waals surface area contributed by atoms with Gasteiger partial charge >= 0.3 is 0 Å². The minimum absolute atomic E-state index is 0.00937. The average molecular weight is 443 g/mol. The summed E-state index contributed by atoms with van der Waals surface area (Å²) in [5.74, 6) is 1.34. The number of nitrogens with one attached hydrogen (secondary N) is 1. The van der Waals surface area contributed by atoms with Gasteiger partial charge in [0.25, 0.3) is 0 Å². The summed E-state index contributed by atoms with van der Waals surface area (Å²) in [6, 6.07) is 7.07. The fourth-order valence-electron chi connectivity index (χ4n) is 4.39. The lowest BCUT2D eigenvalue weighted by Crippen LogP contribution is -2.46. The highest BCUT2D eigenvalue weighted by Crippen LogP contribution is 2.33. The fraction of sp³-hybridized carbons (Fsp3) is 0.583. The smallest absolute Gasteiger partial charge is 0.220 e. The molecule has 0 aliphatic carbocycles. The summed E-state index contributed by atoms with van der Waals surface area (Å²) in [6.07, 6.45) is 8.49. The number of aliphatic hydroxyl groups excluding tert-OH is 1. The van der Waals surface area contributed by atoms with Crippen molar-refractivity contribution in [1.29, 1.82) is 0 Å². The molecule has 4 rings (SSSR count). The lowest BCUT2D eigenvalue weighted by molar-refractivity contribution is -0.123. The van der Waals surface area contributed by atoms with E-state index in [9.17, 15) is 9.90 Å². The topological polar surface area (TPSA) is 88.9 Å². The van der Waals surface area contributed by atoms with Crippen LogP contribution in [0.1, 0.15) is 50.2 Å². The number of carbonyl (C=O) groups is 1. The second kappa shape index (κ2) is 11.3. The van der Waals surface area contributed by atoms with Gasteiger partial charge in [-0.1, -0.05) is 12.5 Å². The van der Waals surface area contributed by atoms with Gasteiger partial charge in [0.15, 0.2) is 11.5 Å². The standard InChI is InChI=1S/C24H34N4O4/c29-23(7-2-1-3-13-28-14-6-10-25-28)26-20(18-27-11-4-5-12-27)24(30)19-8-9-21-22(17-19)32-16-15-31-21/h6,8-10,14,17,20,24,30H,1-5,7,11-13,15-16,18H2,(H,26,29)/t20-,24?/m1/s1. The molecule has 174 valence electrons. The maximum absolute atomic E-state index is 12.7. The molecule has 3 heterocycles. The molecule has 0 radical (unpaired) electrons. The maximum atomic E-state index is 12.7. The Hall–Kier alpha value is -2.58. The highest BCUT2D eigenvalue weighted by molar-refractivity contribution is 5.76. The zero-order valence-corrected chi connectivity index (χ0v) is 18.6. The van der Waals surface area contributed by atoms with Gasteiger partial charge < -0.3 is 24.8 Å². The van der Waals surface area contributed by atoms with Gasteiger partial charge in [-0.05, 0) is 62.5 Å². The van der Waals surface area contributed by atoms with Crippen LogP contribution in [0.25, 0.3) is 0 Å².